The molecule has 5 nitrogen and oxygen atoms in total. The van der Waals surface area contributed by atoms with Crippen molar-refractivity contribution in [2.75, 3.05) is 26.0 Å². The summed E-state index contributed by atoms with van der Waals surface area (Å²) >= 11 is 6.13. The molecule has 0 aliphatic rings. The van der Waals surface area contributed by atoms with Gasteiger partial charge in [-0.1, -0.05) is 24.9 Å². The number of pyridine rings is 1. The Bertz CT molecular complexity index is 732. The van der Waals surface area contributed by atoms with Crippen LogP contribution in [-0.4, -0.2) is 36.5 Å². The number of unbranched alkanes of at least 4 members (excludes halogenated alkanes) is 1. The molecule has 2 rings (SSSR count). The molecule has 134 valence electrons. The van der Waals surface area contributed by atoms with Crippen molar-refractivity contribution in [3.8, 4) is 5.75 Å². The van der Waals surface area contributed by atoms with Gasteiger partial charge < -0.3 is 15.0 Å². The van der Waals surface area contributed by atoms with E-state index in [9.17, 15) is 4.79 Å². The van der Waals surface area contributed by atoms with Gasteiger partial charge in [0.25, 0.3) is 5.91 Å². The molecule has 6 heteroatoms. The molecule has 0 spiro atoms. The van der Waals surface area contributed by atoms with Gasteiger partial charge in [-0.25, -0.2) is 4.98 Å². The minimum Gasteiger partial charge on any atom is -0.495 e. The van der Waals surface area contributed by atoms with Gasteiger partial charge in [0, 0.05) is 24.7 Å². The topological polar surface area (TPSA) is 54.5 Å². The number of nitrogens with one attached hydrogen (secondary N) is 1. The number of hydrogen-bond donors (Lipinski definition) is 1. The molecular formula is C19H24ClN3O2. The highest BCUT2D eigenvalue weighted by molar-refractivity contribution is 6.31. The minimum atomic E-state index is -0.0695. The van der Waals surface area contributed by atoms with Gasteiger partial charge in [-0.2, -0.15) is 0 Å². The van der Waals surface area contributed by atoms with E-state index < -0.39 is 0 Å². The van der Waals surface area contributed by atoms with Gasteiger partial charge in [0.1, 0.15) is 11.4 Å². The van der Waals surface area contributed by atoms with Crippen LogP contribution in [0.1, 0.15) is 35.8 Å². The Morgan fingerprint density at radius 1 is 1.36 bits per heavy atom. The molecule has 0 aliphatic heterocycles. The zero-order chi connectivity index (χ0) is 18.4. The summed E-state index contributed by atoms with van der Waals surface area (Å²) in [5.41, 5.74) is 2.95. The number of anilines is 2. The second-order valence-corrected chi connectivity index (χ2v) is 6.35. The van der Waals surface area contributed by atoms with Crippen LogP contribution < -0.4 is 10.1 Å². The molecule has 1 heterocycles. The molecule has 0 saturated carbocycles. The van der Waals surface area contributed by atoms with Crippen LogP contribution >= 0.6 is 11.6 Å². The molecule has 2 aromatic rings. The predicted octanol–water partition coefficient (Wildman–Crippen LogP) is 4.67. The number of amides is 1. The molecule has 0 unspecified atom stereocenters. The number of benzene rings is 1. The minimum absolute atomic E-state index is 0.0695. The fourth-order valence-corrected chi connectivity index (χ4v) is 2.53. The van der Waals surface area contributed by atoms with E-state index in [4.69, 9.17) is 16.3 Å². The van der Waals surface area contributed by atoms with Crippen LogP contribution in [0.3, 0.4) is 0 Å². The number of aryl methyl sites for hydroxylation is 1. The molecule has 0 radical (unpaired) electrons. The fourth-order valence-electron chi connectivity index (χ4n) is 2.37. The van der Waals surface area contributed by atoms with E-state index in [2.05, 4.69) is 17.2 Å². The Kier molecular flexibility index (Phi) is 6.65. The molecule has 0 aliphatic carbocycles. The second kappa shape index (κ2) is 8.72. The van der Waals surface area contributed by atoms with Gasteiger partial charge in [0.05, 0.1) is 24.7 Å². The van der Waals surface area contributed by atoms with Gasteiger partial charge in [-0.15, -0.1) is 0 Å². The van der Waals surface area contributed by atoms with Crippen molar-refractivity contribution in [3.05, 3.63) is 46.7 Å². The van der Waals surface area contributed by atoms with Crippen molar-refractivity contribution in [1.82, 2.24) is 9.88 Å². The first-order chi connectivity index (χ1) is 12.0. The molecule has 1 amide bonds. The van der Waals surface area contributed by atoms with E-state index in [0.29, 0.717) is 16.5 Å². The van der Waals surface area contributed by atoms with Gasteiger partial charge in [-0.05, 0) is 37.1 Å². The number of carbonyl (C=O) groups is 1. The third-order valence-electron chi connectivity index (χ3n) is 3.94. The molecule has 0 atom stereocenters. The van der Waals surface area contributed by atoms with Gasteiger partial charge in [0.15, 0.2) is 0 Å². The third kappa shape index (κ3) is 4.86. The zero-order valence-electron chi connectivity index (χ0n) is 15.1. The van der Waals surface area contributed by atoms with E-state index in [1.54, 1.807) is 37.4 Å². The molecule has 25 heavy (non-hydrogen) atoms. The van der Waals surface area contributed by atoms with Gasteiger partial charge in [-0.3, -0.25) is 4.79 Å². The van der Waals surface area contributed by atoms with Crippen LogP contribution in [0, 0.1) is 6.92 Å². The number of methoxy groups -OCH3 is 1. The quantitative estimate of drug-likeness (QED) is 0.778. The van der Waals surface area contributed by atoms with Crippen molar-refractivity contribution < 1.29 is 9.53 Å². The molecule has 1 aromatic heterocycles. The molecule has 0 saturated heterocycles. The zero-order valence-corrected chi connectivity index (χ0v) is 15.9. The van der Waals surface area contributed by atoms with Gasteiger partial charge in [0.2, 0.25) is 0 Å². The summed E-state index contributed by atoms with van der Waals surface area (Å²) < 4.78 is 5.36. The Labute approximate surface area is 154 Å². The number of ether oxygens (including phenoxy) is 1. The van der Waals surface area contributed by atoms with Crippen LogP contribution in [0.5, 0.6) is 5.75 Å². The maximum Gasteiger partial charge on any atom is 0.272 e. The highest BCUT2D eigenvalue weighted by atomic mass is 35.5. The summed E-state index contributed by atoms with van der Waals surface area (Å²) in [4.78, 5) is 18.3. The standard InChI is InChI=1S/C19H24ClN3O2/c1-5-6-9-23(3)19(24)16-8-7-14(12-21-16)22-17-10-13(2)15(20)11-18(17)25-4/h7-8,10-12,22H,5-6,9H2,1-4H3. The van der Waals surface area contributed by atoms with E-state index in [1.807, 2.05) is 19.1 Å². The molecular weight excluding hydrogens is 338 g/mol. The summed E-state index contributed by atoms with van der Waals surface area (Å²) in [5, 5.41) is 3.90. The SMILES string of the molecule is CCCCN(C)C(=O)c1ccc(Nc2cc(C)c(Cl)cc2OC)cn1. The number of aromatic nitrogens is 1. The van der Waals surface area contributed by atoms with Crippen LogP contribution in [-0.2, 0) is 0 Å². The molecule has 1 N–H and O–H groups in total. The average molecular weight is 362 g/mol. The monoisotopic (exact) mass is 361 g/mol. The lowest BCUT2D eigenvalue weighted by Gasteiger charge is -2.16. The lowest BCUT2D eigenvalue weighted by atomic mass is 10.2. The number of rotatable bonds is 7. The van der Waals surface area contributed by atoms with Gasteiger partial charge >= 0.3 is 0 Å². The summed E-state index contributed by atoms with van der Waals surface area (Å²) in [6, 6.07) is 7.24. The van der Waals surface area contributed by atoms with Crippen LogP contribution in [0.25, 0.3) is 0 Å². The normalized spacial score (nSPS) is 10.4. The number of hydrogen-bond acceptors (Lipinski definition) is 4. The lowest BCUT2D eigenvalue weighted by molar-refractivity contribution is 0.0787. The maximum atomic E-state index is 12.3. The van der Waals surface area contributed by atoms with E-state index in [0.717, 1.165) is 36.3 Å². The highest BCUT2D eigenvalue weighted by Crippen LogP contribution is 2.32. The molecule has 0 fully saturated rings. The number of halogens is 1. The first kappa shape index (κ1) is 19.1. The van der Waals surface area contributed by atoms with E-state index in [-0.39, 0.29) is 5.91 Å². The Balaban J connectivity index is 2.13. The smallest absolute Gasteiger partial charge is 0.272 e. The summed E-state index contributed by atoms with van der Waals surface area (Å²) in [7, 11) is 3.39. The summed E-state index contributed by atoms with van der Waals surface area (Å²) in [6.07, 6.45) is 3.68. The number of nitrogens with zero attached hydrogens (tertiary/aromatic N) is 2. The van der Waals surface area contributed by atoms with Crippen molar-refractivity contribution in [1.29, 1.82) is 0 Å². The number of carbonyl (C=O) groups excluding carboxylic acids is 1. The first-order valence-corrected chi connectivity index (χ1v) is 8.66. The average Bonchev–Trinajstić information content (AvgIpc) is 2.62. The molecule has 0 bridgehead atoms. The van der Waals surface area contributed by atoms with Crippen LogP contribution in [0.4, 0.5) is 11.4 Å². The predicted molar refractivity (Wildman–Crippen MR) is 102 cm³/mol. The second-order valence-electron chi connectivity index (χ2n) is 5.94. The largest absolute Gasteiger partial charge is 0.495 e. The van der Waals surface area contributed by atoms with Crippen LogP contribution in [0.2, 0.25) is 5.02 Å². The van der Waals surface area contributed by atoms with Crippen molar-refractivity contribution in [2.24, 2.45) is 0 Å². The molecule has 1 aromatic carbocycles. The van der Waals surface area contributed by atoms with Crippen LogP contribution in [0.15, 0.2) is 30.5 Å². The highest BCUT2D eigenvalue weighted by Gasteiger charge is 2.13. The third-order valence-corrected chi connectivity index (χ3v) is 4.34. The Morgan fingerprint density at radius 3 is 2.72 bits per heavy atom. The van der Waals surface area contributed by atoms with E-state index in [1.165, 1.54) is 0 Å². The summed E-state index contributed by atoms with van der Waals surface area (Å²) in [5.74, 6) is 0.579. The Hall–Kier alpha value is -2.27. The van der Waals surface area contributed by atoms with Crippen molar-refractivity contribution in [2.45, 2.75) is 26.7 Å². The van der Waals surface area contributed by atoms with Crippen molar-refractivity contribution in [3.63, 3.8) is 0 Å². The van der Waals surface area contributed by atoms with Crippen molar-refractivity contribution >= 4 is 28.9 Å². The summed E-state index contributed by atoms with van der Waals surface area (Å²) in [6.45, 7) is 4.77. The van der Waals surface area contributed by atoms with E-state index >= 15 is 0 Å². The lowest BCUT2D eigenvalue weighted by Crippen LogP contribution is -2.28. The Morgan fingerprint density at radius 2 is 2.12 bits per heavy atom. The fraction of sp³-hybridized carbons (Fsp3) is 0.368. The maximum absolute atomic E-state index is 12.3. The first-order valence-electron chi connectivity index (χ1n) is 8.29.